The van der Waals surface area contributed by atoms with Gasteiger partial charge in [-0.1, -0.05) is 41.9 Å². The Kier molecular flexibility index (Phi) is 10.5. The van der Waals surface area contributed by atoms with E-state index < -0.39 is 17.8 Å². The lowest BCUT2D eigenvalue weighted by atomic mass is 10.1. The second kappa shape index (κ2) is 14.3. The fraction of sp³-hybridized carbons (Fsp3) is 0.226. The van der Waals surface area contributed by atoms with E-state index in [1.165, 1.54) is 17.0 Å². The number of aromatic nitrogens is 2. The summed E-state index contributed by atoms with van der Waals surface area (Å²) in [6.07, 6.45) is -1.28. The quantitative estimate of drug-likeness (QED) is 0.198. The third kappa shape index (κ3) is 8.64. The first kappa shape index (κ1) is 31.7. The normalized spacial score (nSPS) is 11.9. The number of carbonyl (C=O) groups excluding carboxylic acids is 1. The van der Waals surface area contributed by atoms with Crippen LogP contribution in [-0.4, -0.2) is 38.1 Å². The third-order valence-electron chi connectivity index (χ3n) is 6.67. The van der Waals surface area contributed by atoms with Crippen molar-refractivity contribution in [1.29, 1.82) is 5.26 Å². The van der Waals surface area contributed by atoms with Crippen LogP contribution in [0.1, 0.15) is 34.9 Å². The summed E-state index contributed by atoms with van der Waals surface area (Å²) in [5, 5.41) is 15.8. The monoisotopic (exact) mass is 624 g/mol. The van der Waals surface area contributed by atoms with Gasteiger partial charge in [0, 0.05) is 48.3 Å². The van der Waals surface area contributed by atoms with E-state index in [2.05, 4.69) is 21.7 Å². The average molecular weight is 625 g/mol. The fourth-order valence-corrected chi connectivity index (χ4v) is 5.02. The lowest BCUT2D eigenvalue weighted by molar-refractivity contribution is -0.138. The number of amides is 1. The zero-order valence-corrected chi connectivity index (χ0v) is 24.7. The van der Waals surface area contributed by atoms with Gasteiger partial charge in [0.05, 0.1) is 29.9 Å². The zero-order valence-electron chi connectivity index (χ0n) is 23.1. The predicted octanol–water partition coefficient (Wildman–Crippen LogP) is 6.42. The molecule has 4 rings (SSSR count). The first-order valence-corrected chi connectivity index (χ1v) is 14.1. The summed E-state index contributed by atoms with van der Waals surface area (Å²) in [4.78, 5) is 19.4. The summed E-state index contributed by atoms with van der Waals surface area (Å²) in [6.45, 7) is 2.34. The van der Waals surface area contributed by atoms with E-state index >= 15 is 0 Å². The molecule has 222 valence electrons. The van der Waals surface area contributed by atoms with Crippen molar-refractivity contribution in [2.75, 3.05) is 11.9 Å². The lowest BCUT2D eigenvalue weighted by Gasteiger charge is -2.30. The van der Waals surface area contributed by atoms with Crippen LogP contribution in [-0.2, 0) is 30.5 Å². The minimum absolute atomic E-state index is 0.0278. The van der Waals surface area contributed by atoms with E-state index in [0.29, 0.717) is 28.5 Å². The maximum atomic E-state index is 13.8. The number of halogens is 4. The first-order valence-electron chi connectivity index (χ1n) is 13.3. The molecule has 43 heavy (non-hydrogen) atoms. The number of nitrogens with zero attached hydrogens (tertiary/aromatic N) is 4. The Balaban J connectivity index is 1.50. The van der Waals surface area contributed by atoms with Crippen LogP contribution in [0.2, 0.25) is 5.02 Å². The molecule has 1 aromatic heterocycles. The first-order chi connectivity index (χ1) is 20.5. The molecule has 0 saturated carbocycles. The number of rotatable bonds is 10. The molecule has 0 fully saturated rings. The Morgan fingerprint density at radius 1 is 1.12 bits per heavy atom. The molecular formula is C31H28ClF3N6OS. The van der Waals surface area contributed by atoms with Gasteiger partial charge in [0.2, 0.25) is 5.91 Å². The molecule has 0 aliphatic rings. The molecule has 2 N–H and O–H groups in total. The fourth-order valence-electron chi connectivity index (χ4n) is 4.49. The zero-order chi connectivity index (χ0) is 31.0. The second-order valence-corrected chi connectivity index (χ2v) is 10.7. The van der Waals surface area contributed by atoms with Gasteiger partial charge in [0.1, 0.15) is 0 Å². The van der Waals surface area contributed by atoms with Crippen LogP contribution in [0.4, 0.5) is 18.9 Å². The second-order valence-electron chi connectivity index (χ2n) is 9.83. The van der Waals surface area contributed by atoms with Crippen molar-refractivity contribution in [2.45, 2.75) is 38.7 Å². The molecule has 0 bridgehead atoms. The molecule has 0 radical (unpaired) electrons. The van der Waals surface area contributed by atoms with Gasteiger partial charge in [-0.25, -0.2) is 4.98 Å². The number of benzene rings is 3. The largest absolute Gasteiger partial charge is 0.416 e. The molecule has 3 aromatic carbocycles. The number of alkyl halides is 3. The molecule has 0 unspecified atom stereocenters. The van der Waals surface area contributed by atoms with Gasteiger partial charge in [-0.3, -0.25) is 9.69 Å². The van der Waals surface area contributed by atoms with Crippen molar-refractivity contribution in [3.05, 3.63) is 118 Å². The molecule has 12 heteroatoms. The van der Waals surface area contributed by atoms with Crippen LogP contribution in [0.25, 0.3) is 0 Å². The average Bonchev–Trinajstić information content (AvgIpc) is 3.40. The SMILES string of the molecule is C[C@@H](CNCc1ccccc1C(F)(F)F)N(C(=O)Cc1cncn1Cc1ccc(C#N)cc1)C(=S)Nc1ccc(Cl)cc1. The lowest BCUT2D eigenvalue weighted by Crippen LogP contribution is -2.50. The van der Waals surface area contributed by atoms with E-state index in [0.717, 1.165) is 11.6 Å². The van der Waals surface area contributed by atoms with Crippen LogP contribution in [0.3, 0.4) is 0 Å². The Morgan fingerprint density at radius 2 is 1.81 bits per heavy atom. The van der Waals surface area contributed by atoms with Crippen molar-refractivity contribution in [3.63, 3.8) is 0 Å². The highest BCUT2D eigenvalue weighted by molar-refractivity contribution is 7.80. The van der Waals surface area contributed by atoms with E-state index in [1.54, 1.807) is 61.9 Å². The highest BCUT2D eigenvalue weighted by Crippen LogP contribution is 2.31. The summed E-state index contributed by atoms with van der Waals surface area (Å²) < 4.78 is 42.2. The summed E-state index contributed by atoms with van der Waals surface area (Å²) in [5.41, 5.74) is 2.14. The number of nitrogens with one attached hydrogen (secondary N) is 2. The van der Waals surface area contributed by atoms with E-state index in [-0.39, 0.29) is 36.1 Å². The van der Waals surface area contributed by atoms with Crippen molar-refractivity contribution < 1.29 is 18.0 Å². The molecule has 0 spiro atoms. The summed E-state index contributed by atoms with van der Waals surface area (Å²) in [5.74, 6) is -0.321. The summed E-state index contributed by atoms with van der Waals surface area (Å²) in [6, 6.07) is 20.9. The number of nitriles is 1. The van der Waals surface area contributed by atoms with E-state index in [1.807, 2.05) is 16.7 Å². The van der Waals surface area contributed by atoms with Gasteiger partial charge < -0.3 is 15.2 Å². The number of carbonyl (C=O) groups is 1. The maximum Gasteiger partial charge on any atom is 0.416 e. The Labute approximate surface area is 257 Å². The van der Waals surface area contributed by atoms with Crippen LogP contribution < -0.4 is 10.6 Å². The predicted molar refractivity (Wildman–Crippen MR) is 163 cm³/mol. The van der Waals surface area contributed by atoms with Crippen molar-refractivity contribution >= 4 is 40.5 Å². The Morgan fingerprint density at radius 3 is 2.49 bits per heavy atom. The molecule has 1 heterocycles. The minimum Gasteiger partial charge on any atom is -0.332 e. The molecule has 1 amide bonds. The molecule has 4 aromatic rings. The van der Waals surface area contributed by atoms with Crippen LogP contribution >= 0.6 is 23.8 Å². The number of hydrogen-bond acceptors (Lipinski definition) is 5. The molecule has 0 aliphatic carbocycles. The molecule has 0 saturated heterocycles. The smallest absolute Gasteiger partial charge is 0.332 e. The highest BCUT2D eigenvalue weighted by Gasteiger charge is 2.33. The molecule has 1 atom stereocenters. The van der Waals surface area contributed by atoms with E-state index in [4.69, 9.17) is 29.1 Å². The number of imidazole rings is 1. The van der Waals surface area contributed by atoms with Crippen molar-refractivity contribution in [3.8, 4) is 6.07 Å². The molecule has 7 nitrogen and oxygen atoms in total. The van der Waals surface area contributed by atoms with Gasteiger partial charge in [-0.05, 0) is 72.7 Å². The van der Waals surface area contributed by atoms with Gasteiger partial charge in [0.15, 0.2) is 5.11 Å². The van der Waals surface area contributed by atoms with E-state index in [9.17, 15) is 18.0 Å². The highest BCUT2D eigenvalue weighted by atomic mass is 35.5. The summed E-state index contributed by atoms with van der Waals surface area (Å²) in [7, 11) is 0. The standard InChI is InChI=1S/C31H28ClF3N6OS/c1-21(16-37-17-24-4-2-3-5-28(24)31(33,34)35)41(30(43)39-26-12-10-25(32)11-13-26)29(42)14-27-18-38-20-40(27)19-23-8-6-22(15-36)7-9-23/h2-13,18,20-21,37H,14,16-17,19H2,1H3,(H,39,43)/t21-/m0/s1. The minimum atomic E-state index is -4.48. The topological polar surface area (TPSA) is 86.0 Å². The molecule has 0 aliphatic heterocycles. The van der Waals surface area contributed by atoms with Crippen LogP contribution in [0.5, 0.6) is 0 Å². The third-order valence-corrected chi connectivity index (χ3v) is 7.22. The van der Waals surface area contributed by atoms with Gasteiger partial charge >= 0.3 is 6.18 Å². The Bertz CT molecular complexity index is 1600. The maximum absolute atomic E-state index is 13.8. The van der Waals surface area contributed by atoms with Crippen LogP contribution in [0.15, 0.2) is 85.3 Å². The van der Waals surface area contributed by atoms with Crippen LogP contribution in [0, 0.1) is 11.3 Å². The summed E-state index contributed by atoms with van der Waals surface area (Å²) >= 11 is 11.6. The number of thiocarbonyl (C=S) groups is 1. The molecular weight excluding hydrogens is 597 g/mol. The van der Waals surface area contributed by atoms with Crippen molar-refractivity contribution in [1.82, 2.24) is 19.8 Å². The van der Waals surface area contributed by atoms with Gasteiger partial charge in [0.25, 0.3) is 0 Å². The number of hydrogen-bond donors (Lipinski definition) is 2. The van der Waals surface area contributed by atoms with Gasteiger partial charge in [-0.2, -0.15) is 18.4 Å². The number of anilines is 1. The van der Waals surface area contributed by atoms with Crippen molar-refractivity contribution in [2.24, 2.45) is 0 Å². The Hall–Kier alpha value is -4.24. The van der Waals surface area contributed by atoms with Gasteiger partial charge in [-0.15, -0.1) is 0 Å².